The van der Waals surface area contributed by atoms with Crippen LogP contribution in [0.3, 0.4) is 0 Å². The van der Waals surface area contributed by atoms with Gasteiger partial charge in [0, 0.05) is 35.7 Å². The summed E-state index contributed by atoms with van der Waals surface area (Å²) >= 11 is 6.32. The van der Waals surface area contributed by atoms with Gasteiger partial charge in [0.05, 0.1) is 41.7 Å². The molecule has 5 aromatic heterocycles. The van der Waals surface area contributed by atoms with Crippen LogP contribution < -0.4 is 15.4 Å². The van der Waals surface area contributed by atoms with Gasteiger partial charge in [0.2, 0.25) is 5.28 Å². The molecule has 11 heteroatoms. The Bertz CT molecular complexity index is 1960. The van der Waals surface area contributed by atoms with Crippen molar-refractivity contribution in [2.75, 3.05) is 17.2 Å². The number of anilines is 2. The first-order valence-electron chi connectivity index (χ1n) is 14.0. The fourth-order valence-electron chi connectivity index (χ4n) is 5.91. The molecule has 208 valence electrons. The number of aromatic nitrogens is 6. The van der Waals surface area contributed by atoms with Crippen molar-refractivity contribution in [1.82, 2.24) is 29.9 Å². The van der Waals surface area contributed by atoms with Crippen LogP contribution in [-0.2, 0) is 6.42 Å². The Morgan fingerprint density at radius 3 is 2.71 bits per heavy atom. The molecule has 2 unspecified atom stereocenters. The molecular weight excluding hydrogens is 552 g/mol. The van der Waals surface area contributed by atoms with Crippen molar-refractivity contribution < 1.29 is 9.15 Å². The zero-order valence-corrected chi connectivity index (χ0v) is 23.2. The first-order valence-corrected chi connectivity index (χ1v) is 14.3. The van der Waals surface area contributed by atoms with Gasteiger partial charge in [-0.1, -0.05) is 12.1 Å². The fraction of sp³-hybridized carbons (Fsp3) is 0.226. The van der Waals surface area contributed by atoms with Crippen molar-refractivity contribution >= 4 is 45.3 Å². The number of furan rings is 1. The number of hydrogen-bond acceptors (Lipinski definition) is 10. The van der Waals surface area contributed by atoms with Crippen molar-refractivity contribution in [2.24, 2.45) is 0 Å². The average Bonchev–Trinajstić information content (AvgIpc) is 3.51. The summed E-state index contributed by atoms with van der Waals surface area (Å²) in [7, 11) is 0. The average molecular weight is 577 g/mol. The van der Waals surface area contributed by atoms with Crippen LogP contribution in [0.4, 0.5) is 11.6 Å². The van der Waals surface area contributed by atoms with Crippen LogP contribution in [0.15, 0.2) is 71.7 Å². The summed E-state index contributed by atoms with van der Waals surface area (Å²) < 4.78 is 11.8. The lowest BCUT2D eigenvalue weighted by Crippen LogP contribution is -2.21. The molecule has 0 bridgehead atoms. The summed E-state index contributed by atoms with van der Waals surface area (Å²) in [6.45, 7) is 0.577. The van der Waals surface area contributed by atoms with Gasteiger partial charge < -0.3 is 19.8 Å². The molecule has 1 aromatic carbocycles. The second-order valence-corrected chi connectivity index (χ2v) is 10.8. The third-order valence-corrected chi connectivity index (χ3v) is 8.10. The maximum absolute atomic E-state index is 6.32. The van der Waals surface area contributed by atoms with E-state index in [1.54, 1.807) is 18.8 Å². The van der Waals surface area contributed by atoms with Crippen LogP contribution in [0.25, 0.3) is 33.3 Å². The number of ether oxygens (including phenoxy) is 1. The number of benzene rings is 1. The molecule has 8 rings (SSSR count). The molecule has 6 heterocycles. The summed E-state index contributed by atoms with van der Waals surface area (Å²) in [4.78, 5) is 27.2. The number of nitrogens with one attached hydrogen (secondary N) is 2. The second-order valence-electron chi connectivity index (χ2n) is 10.5. The van der Waals surface area contributed by atoms with Crippen LogP contribution in [0.1, 0.15) is 48.2 Å². The molecule has 0 amide bonds. The van der Waals surface area contributed by atoms with Gasteiger partial charge in [-0.25, -0.2) is 19.9 Å². The summed E-state index contributed by atoms with van der Waals surface area (Å²) in [5.74, 6) is 3.14. The molecule has 2 atom stereocenters. The molecule has 2 N–H and O–H groups in total. The Morgan fingerprint density at radius 2 is 1.74 bits per heavy atom. The first kappa shape index (κ1) is 24.9. The summed E-state index contributed by atoms with van der Waals surface area (Å²) in [5, 5.41) is 7.31. The lowest BCUT2D eigenvalue weighted by Gasteiger charge is -2.27. The Kier molecular flexibility index (Phi) is 6.06. The Labute approximate surface area is 245 Å². The van der Waals surface area contributed by atoms with Gasteiger partial charge in [-0.2, -0.15) is 4.98 Å². The molecule has 0 radical (unpaired) electrons. The molecule has 0 spiro atoms. The Hall–Kier alpha value is -4.83. The minimum atomic E-state index is 0.0159. The van der Waals surface area contributed by atoms with E-state index in [2.05, 4.69) is 47.7 Å². The summed E-state index contributed by atoms with van der Waals surface area (Å²) in [5.41, 5.74) is 6.81. The van der Waals surface area contributed by atoms with E-state index >= 15 is 0 Å². The topological polar surface area (TPSA) is 124 Å². The van der Waals surface area contributed by atoms with Crippen molar-refractivity contribution in [3.8, 4) is 17.0 Å². The minimum Gasteiger partial charge on any atom is -0.493 e. The quantitative estimate of drug-likeness (QED) is 0.214. The van der Waals surface area contributed by atoms with E-state index in [1.807, 2.05) is 36.4 Å². The standard InChI is InChI=1S/C31H25ClN8O2/c32-31-39-24-9-8-20(36-28(24)30(40-31)38-21-3-1-5-25-19(21)10-13-41-25)17-6-7-18-22(11-14-42-26(18)15-17)37-29-27-23(34-16-35-29)4-2-12-33-27/h2,4,6-10,12-13,15-16,21-22H,1,3,5,11,14H2,(H,34,35,37)(H,38,39,40). The highest BCUT2D eigenvalue weighted by molar-refractivity contribution is 6.28. The van der Waals surface area contributed by atoms with E-state index in [-0.39, 0.29) is 17.4 Å². The van der Waals surface area contributed by atoms with Gasteiger partial charge in [-0.3, -0.25) is 4.98 Å². The van der Waals surface area contributed by atoms with Gasteiger partial charge >= 0.3 is 0 Å². The minimum absolute atomic E-state index is 0.0159. The maximum Gasteiger partial charge on any atom is 0.225 e. The van der Waals surface area contributed by atoms with Crippen molar-refractivity contribution in [3.05, 3.63) is 89.5 Å². The number of rotatable bonds is 5. The fourth-order valence-corrected chi connectivity index (χ4v) is 6.09. The number of aryl methyl sites for hydroxylation is 1. The van der Waals surface area contributed by atoms with Crippen LogP contribution >= 0.6 is 11.6 Å². The van der Waals surface area contributed by atoms with E-state index in [4.69, 9.17) is 25.7 Å². The lowest BCUT2D eigenvalue weighted by molar-refractivity contribution is 0.274. The van der Waals surface area contributed by atoms with Gasteiger partial charge in [0.1, 0.15) is 28.9 Å². The van der Waals surface area contributed by atoms with Crippen molar-refractivity contribution in [3.63, 3.8) is 0 Å². The highest BCUT2D eigenvalue weighted by Gasteiger charge is 2.26. The predicted octanol–water partition coefficient (Wildman–Crippen LogP) is 6.70. The molecule has 0 saturated heterocycles. The molecule has 6 aromatic rings. The Balaban J connectivity index is 1.12. The maximum atomic E-state index is 6.32. The highest BCUT2D eigenvalue weighted by Crippen LogP contribution is 2.39. The molecular formula is C31H25ClN8O2. The number of hydrogen-bond donors (Lipinski definition) is 2. The van der Waals surface area contributed by atoms with Crippen LogP contribution in [0.5, 0.6) is 5.75 Å². The SMILES string of the molecule is Clc1nc(NC2CCCc3occc32)c2nc(-c3ccc4c(c3)OCCC4Nc3ncnc4cccnc34)ccc2n1. The van der Waals surface area contributed by atoms with Gasteiger partial charge in [0.25, 0.3) is 0 Å². The normalized spacial score (nSPS) is 17.8. The van der Waals surface area contributed by atoms with Crippen molar-refractivity contribution in [1.29, 1.82) is 0 Å². The van der Waals surface area contributed by atoms with E-state index in [1.165, 1.54) is 0 Å². The lowest BCUT2D eigenvalue weighted by atomic mass is 9.93. The van der Waals surface area contributed by atoms with E-state index in [0.717, 1.165) is 70.6 Å². The third kappa shape index (κ3) is 4.44. The number of nitrogens with zero attached hydrogens (tertiary/aromatic N) is 6. The van der Waals surface area contributed by atoms with Gasteiger partial charge in [-0.15, -0.1) is 0 Å². The Morgan fingerprint density at radius 1 is 0.810 bits per heavy atom. The number of halogens is 1. The van der Waals surface area contributed by atoms with Crippen LogP contribution in [0, 0.1) is 0 Å². The zero-order chi connectivity index (χ0) is 28.0. The molecule has 0 saturated carbocycles. The molecule has 2 aliphatic rings. The first-order chi connectivity index (χ1) is 20.7. The molecule has 0 fully saturated rings. The van der Waals surface area contributed by atoms with E-state index in [9.17, 15) is 0 Å². The van der Waals surface area contributed by atoms with Crippen LogP contribution in [0.2, 0.25) is 5.28 Å². The molecule has 42 heavy (non-hydrogen) atoms. The van der Waals surface area contributed by atoms with E-state index in [0.29, 0.717) is 29.3 Å². The smallest absolute Gasteiger partial charge is 0.225 e. The van der Waals surface area contributed by atoms with Crippen molar-refractivity contribution in [2.45, 2.75) is 37.8 Å². The summed E-state index contributed by atoms with van der Waals surface area (Å²) in [6.07, 6.45) is 8.79. The van der Waals surface area contributed by atoms with Gasteiger partial charge in [0.15, 0.2) is 11.6 Å². The third-order valence-electron chi connectivity index (χ3n) is 7.93. The highest BCUT2D eigenvalue weighted by atomic mass is 35.5. The monoisotopic (exact) mass is 576 g/mol. The second kappa shape index (κ2) is 10.2. The number of fused-ring (bicyclic) bond motifs is 4. The molecule has 1 aliphatic carbocycles. The molecule has 10 nitrogen and oxygen atoms in total. The van der Waals surface area contributed by atoms with Gasteiger partial charge in [-0.05, 0) is 60.8 Å². The largest absolute Gasteiger partial charge is 0.493 e. The van der Waals surface area contributed by atoms with E-state index < -0.39 is 0 Å². The molecule has 1 aliphatic heterocycles. The number of pyridine rings is 2. The zero-order valence-electron chi connectivity index (χ0n) is 22.4. The predicted molar refractivity (Wildman–Crippen MR) is 160 cm³/mol. The van der Waals surface area contributed by atoms with Crippen LogP contribution in [-0.4, -0.2) is 36.5 Å². The summed E-state index contributed by atoms with van der Waals surface area (Å²) in [6, 6.07) is 16.0.